The number of hydrogen-bond donors (Lipinski definition) is 1. The fourth-order valence-electron chi connectivity index (χ4n) is 2.17. The van der Waals surface area contributed by atoms with E-state index in [1.165, 1.54) is 0 Å². The number of methoxy groups -OCH3 is 1. The number of halogens is 1. The van der Waals surface area contributed by atoms with Crippen molar-refractivity contribution in [3.63, 3.8) is 0 Å². The number of benzene rings is 1. The van der Waals surface area contributed by atoms with Crippen molar-refractivity contribution in [1.29, 1.82) is 0 Å². The third-order valence-corrected chi connectivity index (χ3v) is 4.53. The van der Waals surface area contributed by atoms with Crippen LogP contribution in [-0.2, 0) is 11.3 Å². The smallest absolute Gasteiger partial charge is 0.158 e. The van der Waals surface area contributed by atoms with Gasteiger partial charge in [0.25, 0.3) is 0 Å². The molecule has 2 heterocycles. The van der Waals surface area contributed by atoms with Crippen molar-refractivity contribution in [2.75, 3.05) is 7.11 Å². The Kier molecular flexibility index (Phi) is 4.10. The highest BCUT2D eigenvalue weighted by atomic mass is 79.9. The maximum Gasteiger partial charge on any atom is 0.158 e. The Morgan fingerprint density at radius 3 is 2.90 bits per heavy atom. The SMILES string of the molecule is COCc1[nH]c(-c2nccc3ccccc23)nc(=S)c1Br. The lowest BCUT2D eigenvalue weighted by Crippen LogP contribution is -2.01. The molecule has 1 aromatic carbocycles. The summed E-state index contributed by atoms with van der Waals surface area (Å²) >= 11 is 8.74. The van der Waals surface area contributed by atoms with Gasteiger partial charge in [-0.25, -0.2) is 4.98 Å². The fraction of sp³-hybridized carbons (Fsp3) is 0.133. The van der Waals surface area contributed by atoms with Crippen molar-refractivity contribution < 1.29 is 4.74 Å². The molecule has 2 aromatic heterocycles. The second-order valence-corrected chi connectivity index (χ2v) is 5.68. The molecular weight excluding hydrogens is 350 g/mol. The summed E-state index contributed by atoms with van der Waals surface area (Å²) in [5.74, 6) is 0.645. The summed E-state index contributed by atoms with van der Waals surface area (Å²) in [7, 11) is 1.64. The van der Waals surface area contributed by atoms with Gasteiger partial charge in [-0.15, -0.1) is 0 Å². The van der Waals surface area contributed by atoms with Gasteiger partial charge >= 0.3 is 0 Å². The molecule has 0 unspecified atom stereocenters. The van der Waals surface area contributed by atoms with Gasteiger partial charge in [0.1, 0.15) is 10.3 Å². The number of fused-ring (bicyclic) bond motifs is 1. The Hall–Kier alpha value is -1.63. The van der Waals surface area contributed by atoms with Crippen LogP contribution in [0.5, 0.6) is 0 Å². The molecule has 0 bridgehead atoms. The molecule has 3 aromatic rings. The van der Waals surface area contributed by atoms with Crippen LogP contribution in [0.4, 0.5) is 0 Å². The van der Waals surface area contributed by atoms with Crippen LogP contribution in [0.3, 0.4) is 0 Å². The minimum atomic E-state index is 0.421. The highest BCUT2D eigenvalue weighted by Crippen LogP contribution is 2.26. The molecule has 21 heavy (non-hydrogen) atoms. The Morgan fingerprint density at radius 2 is 2.10 bits per heavy atom. The zero-order chi connectivity index (χ0) is 14.8. The maximum atomic E-state index is 5.30. The lowest BCUT2D eigenvalue weighted by Gasteiger charge is -2.09. The third kappa shape index (κ3) is 2.74. The molecule has 0 atom stereocenters. The van der Waals surface area contributed by atoms with Crippen molar-refractivity contribution >= 4 is 38.9 Å². The number of nitrogens with zero attached hydrogens (tertiary/aromatic N) is 2. The Morgan fingerprint density at radius 1 is 1.29 bits per heavy atom. The van der Waals surface area contributed by atoms with Gasteiger partial charge in [0.2, 0.25) is 0 Å². The molecule has 0 saturated carbocycles. The first-order valence-electron chi connectivity index (χ1n) is 6.32. The van der Waals surface area contributed by atoms with E-state index in [9.17, 15) is 0 Å². The topological polar surface area (TPSA) is 50.8 Å². The molecule has 0 aliphatic heterocycles. The van der Waals surface area contributed by atoms with Crippen molar-refractivity contribution in [1.82, 2.24) is 15.0 Å². The van der Waals surface area contributed by atoms with E-state index in [1.54, 1.807) is 13.3 Å². The number of pyridine rings is 1. The quantitative estimate of drug-likeness (QED) is 0.708. The van der Waals surface area contributed by atoms with E-state index in [2.05, 4.69) is 30.9 Å². The van der Waals surface area contributed by atoms with Gasteiger partial charge in [0, 0.05) is 18.7 Å². The van der Waals surface area contributed by atoms with E-state index < -0.39 is 0 Å². The van der Waals surface area contributed by atoms with Gasteiger partial charge in [0.05, 0.1) is 16.8 Å². The molecular formula is C15H12BrN3OS. The Labute approximate surface area is 135 Å². The maximum absolute atomic E-state index is 5.30. The number of aromatic nitrogens is 3. The van der Waals surface area contributed by atoms with Crippen LogP contribution in [0.2, 0.25) is 0 Å². The largest absolute Gasteiger partial charge is 0.378 e. The van der Waals surface area contributed by atoms with Crippen molar-refractivity contribution in [2.24, 2.45) is 0 Å². The molecule has 0 amide bonds. The Balaban J connectivity index is 2.26. The molecule has 6 heteroatoms. The summed E-state index contributed by atoms with van der Waals surface area (Å²) in [5.41, 5.74) is 1.63. The zero-order valence-electron chi connectivity index (χ0n) is 11.3. The molecule has 0 fully saturated rings. The van der Waals surface area contributed by atoms with Crippen LogP contribution in [0.1, 0.15) is 5.69 Å². The molecule has 0 radical (unpaired) electrons. The van der Waals surface area contributed by atoms with Gasteiger partial charge < -0.3 is 9.72 Å². The number of nitrogens with one attached hydrogen (secondary N) is 1. The minimum absolute atomic E-state index is 0.421. The number of aromatic amines is 1. The molecule has 106 valence electrons. The number of H-pyrrole nitrogens is 1. The summed E-state index contributed by atoms with van der Waals surface area (Å²) in [4.78, 5) is 12.1. The highest BCUT2D eigenvalue weighted by molar-refractivity contribution is 9.10. The lowest BCUT2D eigenvalue weighted by molar-refractivity contribution is 0.181. The van der Waals surface area contributed by atoms with E-state index in [4.69, 9.17) is 17.0 Å². The molecule has 4 nitrogen and oxygen atoms in total. The fourth-order valence-corrected chi connectivity index (χ4v) is 2.69. The number of hydrogen-bond acceptors (Lipinski definition) is 4. The van der Waals surface area contributed by atoms with Gasteiger partial charge in [-0.2, -0.15) is 0 Å². The predicted octanol–water partition coefficient (Wildman–Crippen LogP) is 4.26. The molecule has 0 spiro atoms. The van der Waals surface area contributed by atoms with Gasteiger partial charge in [-0.3, -0.25) is 4.98 Å². The van der Waals surface area contributed by atoms with Crippen LogP contribution in [0.25, 0.3) is 22.3 Å². The molecule has 0 aliphatic carbocycles. The summed E-state index contributed by atoms with van der Waals surface area (Å²) < 4.78 is 6.43. The van der Waals surface area contributed by atoms with Gasteiger partial charge in [0.15, 0.2) is 5.82 Å². The van der Waals surface area contributed by atoms with E-state index in [-0.39, 0.29) is 0 Å². The van der Waals surface area contributed by atoms with Crippen LogP contribution in [0, 0.1) is 4.64 Å². The van der Waals surface area contributed by atoms with Crippen LogP contribution in [0.15, 0.2) is 41.0 Å². The summed E-state index contributed by atoms with van der Waals surface area (Å²) in [5, 5.41) is 2.14. The van der Waals surface area contributed by atoms with Crippen LogP contribution < -0.4 is 0 Å². The Bertz CT molecular complexity index is 858. The standard InChI is InChI=1S/C15H12BrN3OS/c1-20-8-11-12(16)15(21)19-14(18-11)13-10-5-3-2-4-9(10)6-7-17-13/h2-7H,8H2,1H3,(H,18,19,21). The predicted molar refractivity (Wildman–Crippen MR) is 88.6 cm³/mol. The normalized spacial score (nSPS) is 11.0. The monoisotopic (exact) mass is 361 g/mol. The van der Waals surface area contributed by atoms with Crippen molar-refractivity contribution in [3.05, 3.63) is 51.3 Å². The summed E-state index contributed by atoms with van der Waals surface area (Å²) in [6.45, 7) is 0.421. The molecule has 3 rings (SSSR count). The zero-order valence-corrected chi connectivity index (χ0v) is 13.7. The number of ether oxygens (including phenoxy) is 1. The summed E-state index contributed by atoms with van der Waals surface area (Å²) in [6, 6.07) is 10.0. The highest BCUT2D eigenvalue weighted by Gasteiger charge is 2.11. The minimum Gasteiger partial charge on any atom is -0.378 e. The lowest BCUT2D eigenvalue weighted by atomic mass is 10.1. The van der Waals surface area contributed by atoms with E-state index in [0.717, 1.165) is 26.6 Å². The average Bonchev–Trinajstić information content (AvgIpc) is 2.51. The van der Waals surface area contributed by atoms with Gasteiger partial charge in [-0.1, -0.05) is 36.5 Å². The van der Waals surface area contributed by atoms with E-state index in [1.807, 2.05) is 30.3 Å². The molecule has 0 aliphatic rings. The molecule has 1 N–H and O–H groups in total. The number of rotatable bonds is 3. The first-order valence-corrected chi connectivity index (χ1v) is 7.52. The summed E-state index contributed by atoms with van der Waals surface area (Å²) in [6.07, 6.45) is 1.77. The van der Waals surface area contributed by atoms with E-state index in [0.29, 0.717) is 17.1 Å². The first-order chi connectivity index (χ1) is 10.2. The van der Waals surface area contributed by atoms with Gasteiger partial charge in [-0.05, 0) is 27.4 Å². The third-order valence-electron chi connectivity index (χ3n) is 3.12. The van der Waals surface area contributed by atoms with Crippen molar-refractivity contribution in [2.45, 2.75) is 6.61 Å². The van der Waals surface area contributed by atoms with E-state index >= 15 is 0 Å². The van der Waals surface area contributed by atoms with Crippen molar-refractivity contribution in [3.8, 4) is 11.5 Å². The second kappa shape index (κ2) is 6.01. The van der Waals surface area contributed by atoms with Crippen LogP contribution >= 0.6 is 28.1 Å². The van der Waals surface area contributed by atoms with Crippen LogP contribution in [-0.4, -0.2) is 22.1 Å². The average molecular weight is 362 g/mol. The molecule has 0 saturated heterocycles. The second-order valence-electron chi connectivity index (χ2n) is 4.50. The first kappa shape index (κ1) is 14.3.